The number of benzene rings is 2. The van der Waals surface area contributed by atoms with E-state index in [-0.39, 0.29) is 11.9 Å². The molecule has 21 heavy (non-hydrogen) atoms. The second kappa shape index (κ2) is 6.86. The molecule has 0 saturated carbocycles. The summed E-state index contributed by atoms with van der Waals surface area (Å²) in [6.45, 7) is 6.10. The lowest BCUT2D eigenvalue weighted by molar-refractivity contribution is 0.567. The topological polar surface area (TPSA) is 12.0 Å². The maximum atomic E-state index is 14.5. The zero-order valence-electron chi connectivity index (χ0n) is 13.3. The van der Waals surface area contributed by atoms with E-state index in [9.17, 15) is 4.39 Å². The van der Waals surface area contributed by atoms with Crippen LogP contribution in [0.3, 0.4) is 0 Å². The maximum absolute atomic E-state index is 14.5. The Morgan fingerprint density at radius 3 is 2.43 bits per heavy atom. The van der Waals surface area contributed by atoms with Crippen LogP contribution < -0.4 is 5.32 Å². The van der Waals surface area contributed by atoms with Crippen molar-refractivity contribution >= 4 is 0 Å². The first-order valence-corrected chi connectivity index (χ1v) is 7.66. The molecule has 2 aromatic rings. The van der Waals surface area contributed by atoms with Gasteiger partial charge in [0.15, 0.2) is 0 Å². The van der Waals surface area contributed by atoms with Crippen LogP contribution in [0.5, 0.6) is 0 Å². The van der Waals surface area contributed by atoms with E-state index in [1.165, 1.54) is 16.7 Å². The van der Waals surface area contributed by atoms with Crippen molar-refractivity contribution in [2.75, 3.05) is 7.05 Å². The second-order valence-electron chi connectivity index (χ2n) is 5.44. The second-order valence-corrected chi connectivity index (χ2v) is 5.44. The summed E-state index contributed by atoms with van der Waals surface area (Å²) in [5.41, 5.74) is 5.16. The van der Waals surface area contributed by atoms with Crippen LogP contribution in [0.2, 0.25) is 0 Å². The van der Waals surface area contributed by atoms with Crippen molar-refractivity contribution in [2.24, 2.45) is 0 Å². The van der Waals surface area contributed by atoms with E-state index in [4.69, 9.17) is 0 Å². The molecule has 0 amide bonds. The molecule has 0 aliphatic heterocycles. The first-order valence-electron chi connectivity index (χ1n) is 7.66. The van der Waals surface area contributed by atoms with Crippen LogP contribution in [0.4, 0.5) is 4.39 Å². The fourth-order valence-electron chi connectivity index (χ4n) is 2.83. The SMILES string of the molecule is CCc1ccc(CC)c(C(NC)c2cccc(C)c2F)c1. The van der Waals surface area contributed by atoms with Crippen LogP contribution in [-0.2, 0) is 12.8 Å². The standard InChI is InChI=1S/C19H24FN/c1-5-14-10-11-15(6-2)17(12-14)19(21-4)16-9-7-8-13(3)18(16)20/h7-12,19,21H,5-6H2,1-4H3. The van der Waals surface area contributed by atoms with Crippen molar-refractivity contribution in [2.45, 2.75) is 39.7 Å². The van der Waals surface area contributed by atoms with Gasteiger partial charge >= 0.3 is 0 Å². The van der Waals surface area contributed by atoms with E-state index >= 15 is 0 Å². The quantitative estimate of drug-likeness (QED) is 0.848. The third-order valence-corrected chi connectivity index (χ3v) is 4.13. The van der Waals surface area contributed by atoms with Crippen molar-refractivity contribution in [3.8, 4) is 0 Å². The van der Waals surface area contributed by atoms with Crippen molar-refractivity contribution < 1.29 is 4.39 Å². The predicted octanol–water partition coefficient (Wildman–Crippen LogP) is 4.57. The Kier molecular flexibility index (Phi) is 5.13. The van der Waals surface area contributed by atoms with Gasteiger partial charge in [-0.1, -0.05) is 50.2 Å². The Balaban J connectivity index is 2.57. The summed E-state index contributed by atoms with van der Waals surface area (Å²) in [7, 11) is 1.89. The highest BCUT2D eigenvalue weighted by molar-refractivity contribution is 5.41. The van der Waals surface area contributed by atoms with Crippen LogP contribution in [-0.4, -0.2) is 7.05 Å². The van der Waals surface area contributed by atoms with Gasteiger partial charge in [0.1, 0.15) is 5.82 Å². The Labute approximate surface area is 127 Å². The van der Waals surface area contributed by atoms with Crippen molar-refractivity contribution in [1.29, 1.82) is 0 Å². The number of hydrogen-bond acceptors (Lipinski definition) is 1. The summed E-state index contributed by atoms with van der Waals surface area (Å²) in [5, 5.41) is 3.29. The molecular weight excluding hydrogens is 261 g/mol. The molecule has 2 rings (SSSR count). The molecule has 0 aliphatic rings. The molecule has 0 aliphatic carbocycles. The highest BCUT2D eigenvalue weighted by Crippen LogP contribution is 2.29. The van der Waals surface area contributed by atoms with Gasteiger partial charge in [-0.3, -0.25) is 0 Å². The van der Waals surface area contributed by atoms with E-state index in [1.807, 2.05) is 32.2 Å². The fourth-order valence-corrected chi connectivity index (χ4v) is 2.83. The fraction of sp³-hybridized carbons (Fsp3) is 0.368. The summed E-state index contributed by atoms with van der Waals surface area (Å²) in [6.07, 6.45) is 1.94. The van der Waals surface area contributed by atoms with Crippen molar-refractivity contribution in [3.63, 3.8) is 0 Å². The molecular formula is C19H24FN. The van der Waals surface area contributed by atoms with Gasteiger partial charge in [0.2, 0.25) is 0 Å². The molecule has 2 aromatic carbocycles. The Bertz CT molecular complexity index is 619. The predicted molar refractivity (Wildman–Crippen MR) is 87.2 cm³/mol. The minimum atomic E-state index is -0.110. The number of hydrogen-bond donors (Lipinski definition) is 1. The molecule has 0 aromatic heterocycles. The molecule has 0 heterocycles. The highest BCUT2D eigenvalue weighted by Gasteiger charge is 2.19. The summed E-state index contributed by atoms with van der Waals surface area (Å²) in [4.78, 5) is 0. The van der Waals surface area contributed by atoms with E-state index in [2.05, 4.69) is 37.4 Å². The Morgan fingerprint density at radius 2 is 1.81 bits per heavy atom. The number of nitrogens with one attached hydrogen (secondary N) is 1. The number of rotatable bonds is 5. The van der Waals surface area contributed by atoms with Gasteiger partial charge in [0.25, 0.3) is 0 Å². The Hall–Kier alpha value is -1.67. The van der Waals surface area contributed by atoms with Crippen LogP contribution in [0.25, 0.3) is 0 Å². The zero-order chi connectivity index (χ0) is 15.4. The average molecular weight is 285 g/mol. The number of halogens is 1. The minimum absolute atomic E-state index is 0.105. The molecule has 1 N–H and O–H groups in total. The molecule has 1 unspecified atom stereocenters. The molecule has 0 spiro atoms. The van der Waals surface area contributed by atoms with E-state index in [0.29, 0.717) is 5.56 Å². The molecule has 0 bridgehead atoms. The molecule has 0 radical (unpaired) electrons. The van der Waals surface area contributed by atoms with Crippen LogP contribution in [0, 0.1) is 12.7 Å². The minimum Gasteiger partial charge on any atom is -0.309 e. The van der Waals surface area contributed by atoms with Gasteiger partial charge in [-0.05, 0) is 49.1 Å². The van der Waals surface area contributed by atoms with Gasteiger partial charge in [-0.25, -0.2) is 4.39 Å². The summed E-state index contributed by atoms with van der Waals surface area (Å²) >= 11 is 0. The van der Waals surface area contributed by atoms with Crippen LogP contribution >= 0.6 is 0 Å². The molecule has 0 saturated heterocycles. The largest absolute Gasteiger partial charge is 0.309 e. The van der Waals surface area contributed by atoms with E-state index in [0.717, 1.165) is 18.4 Å². The average Bonchev–Trinajstić information content (AvgIpc) is 2.52. The number of aryl methyl sites for hydroxylation is 3. The zero-order valence-corrected chi connectivity index (χ0v) is 13.3. The normalized spacial score (nSPS) is 12.4. The smallest absolute Gasteiger partial charge is 0.131 e. The van der Waals surface area contributed by atoms with Crippen LogP contribution in [0.15, 0.2) is 36.4 Å². The lowest BCUT2D eigenvalue weighted by Crippen LogP contribution is -2.21. The summed E-state index contributed by atoms with van der Waals surface area (Å²) in [6, 6.07) is 12.1. The third kappa shape index (κ3) is 3.16. The summed E-state index contributed by atoms with van der Waals surface area (Å²) < 4.78 is 14.5. The molecule has 112 valence electrons. The summed E-state index contributed by atoms with van der Waals surface area (Å²) in [5.74, 6) is -0.110. The lowest BCUT2D eigenvalue weighted by atomic mass is 9.90. The molecule has 0 fully saturated rings. The molecule has 1 nitrogen and oxygen atoms in total. The van der Waals surface area contributed by atoms with Crippen LogP contribution in [0.1, 0.15) is 47.7 Å². The third-order valence-electron chi connectivity index (χ3n) is 4.13. The highest BCUT2D eigenvalue weighted by atomic mass is 19.1. The van der Waals surface area contributed by atoms with Gasteiger partial charge < -0.3 is 5.32 Å². The maximum Gasteiger partial charge on any atom is 0.131 e. The lowest BCUT2D eigenvalue weighted by Gasteiger charge is -2.22. The van der Waals surface area contributed by atoms with Gasteiger partial charge in [-0.2, -0.15) is 0 Å². The molecule has 2 heteroatoms. The monoisotopic (exact) mass is 285 g/mol. The van der Waals surface area contributed by atoms with Gasteiger partial charge in [0.05, 0.1) is 6.04 Å². The van der Waals surface area contributed by atoms with Gasteiger partial charge in [0, 0.05) is 5.56 Å². The first-order chi connectivity index (χ1) is 10.1. The van der Waals surface area contributed by atoms with E-state index in [1.54, 1.807) is 0 Å². The van der Waals surface area contributed by atoms with E-state index < -0.39 is 0 Å². The van der Waals surface area contributed by atoms with Crippen molar-refractivity contribution in [1.82, 2.24) is 5.32 Å². The van der Waals surface area contributed by atoms with Crippen molar-refractivity contribution in [3.05, 3.63) is 70.0 Å². The molecule has 1 atom stereocenters. The van der Waals surface area contributed by atoms with Gasteiger partial charge in [-0.15, -0.1) is 0 Å². The first kappa shape index (κ1) is 15.7. The Morgan fingerprint density at radius 1 is 1.05 bits per heavy atom.